The zero-order valence-electron chi connectivity index (χ0n) is 13.4. The van der Waals surface area contributed by atoms with E-state index in [-0.39, 0.29) is 18.1 Å². The molecule has 1 amide bonds. The highest BCUT2D eigenvalue weighted by Crippen LogP contribution is 2.11. The summed E-state index contributed by atoms with van der Waals surface area (Å²) in [5.74, 6) is -0.252. The van der Waals surface area contributed by atoms with Crippen LogP contribution in [0.15, 0.2) is 6.07 Å². The molecule has 0 spiro atoms. The van der Waals surface area contributed by atoms with Gasteiger partial charge in [0, 0.05) is 26.1 Å². The molecule has 0 unspecified atom stereocenters. The summed E-state index contributed by atoms with van der Waals surface area (Å²) in [7, 11) is 0. The van der Waals surface area contributed by atoms with Crippen LogP contribution in [-0.4, -0.2) is 64.9 Å². The van der Waals surface area contributed by atoms with Crippen molar-refractivity contribution in [3.63, 3.8) is 0 Å². The predicted octanol–water partition coefficient (Wildman–Crippen LogP) is 0.328. The Morgan fingerprint density at radius 2 is 2.17 bits per heavy atom. The van der Waals surface area contributed by atoms with E-state index >= 15 is 0 Å². The first-order chi connectivity index (χ1) is 11.1. The van der Waals surface area contributed by atoms with Crippen LogP contribution in [0.25, 0.3) is 0 Å². The van der Waals surface area contributed by atoms with Crippen molar-refractivity contribution >= 4 is 11.7 Å². The second-order valence-corrected chi connectivity index (χ2v) is 5.53. The zero-order chi connectivity index (χ0) is 16.7. The van der Waals surface area contributed by atoms with Crippen LogP contribution in [0.5, 0.6) is 0 Å². The number of carbonyl (C=O) groups is 1. The number of nitrogens with one attached hydrogen (secondary N) is 1. The number of carbonyl (C=O) groups excluding carboxylic acids is 1. The Bertz CT molecular complexity index is 539. The monoisotopic (exact) mass is 325 g/mol. The Kier molecular flexibility index (Phi) is 6.48. The third-order valence-corrected chi connectivity index (χ3v) is 3.78. The molecule has 1 aliphatic heterocycles. The smallest absolute Gasteiger partial charge is 0.379 e. The van der Waals surface area contributed by atoms with Crippen LogP contribution in [0.3, 0.4) is 0 Å². The van der Waals surface area contributed by atoms with E-state index in [9.17, 15) is 14.9 Å². The minimum Gasteiger partial charge on any atom is -0.379 e. The third-order valence-electron chi connectivity index (χ3n) is 3.78. The fourth-order valence-electron chi connectivity index (χ4n) is 2.46. The van der Waals surface area contributed by atoms with Crippen LogP contribution >= 0.6 is 0 Å². The van der Waals surface area contributed by atoms with Gasteiger partial charge in [0.25, 0.3) is 0 Å². The average molecular weight is 325 g/mol. The van der Waals surface area contributed by atoms with Crippen molar-refractivity contribution in [1.82, 2.24) is 20.0 Å². The van der Waals surface area contributed by atoms with Gasteiger partial charge >= 0.3 is 5.82 Å². The maximum Gasteiger partial charge on any atom is 0.390 e. The van der Waals surface area contributed by atoms with Crippen LogP contribution in [-0.2, 0) is 16.1 Å². The van der Waals surface area contributed by atoms with Gasteiger partial charge in [-0.3, -0.25) is 9.69 Å². The average Bonchev–Trinajstić information content (AvgIpc) is 2.92. The van der Waals surface area contributed by atoms with Crippen LogP contribution in [0, 0.1) is 17.0 Å². The number of hydrogen-bond acceptors (Lipinski definition) is 6. The quantitative estimate of drug-likeness (QED) is 0.420. The molecule has 1 N–H and O–H groups in total. The Morgan fingerprint density at radius 3 is 2.83 bits per heavy atom. The predicted molar refractivity (Wildman–Crippen MR) is 83.1 cm³/mol. The molecular formula is C14H23N5O4. The van der Waals surface area contributed by atoms with Crippen molar-refractivity contribution < 1.29 is 14.5 Å². The molecule has 128 valence electrons. The van der Waals surface area contributed by atoms with Gasteiger partial charge in [0.05, 0.1) is 36.6 Å². The lowest BCUT2D eigenvalue weighted by molar-refractivity contribution is -0.389. The highest BCUT2D eigenvalue weighted by atomic mass is 16.6. The highest BCUT2D eigenvalue weighted by molar-refractivity contribution is 5.75. The fourth-order valence-corrected chi connectivity index (χ4v) is 2.46. The van der Waals surface area contributed by atoms with Crippen molar-refractivity contribution in [3.05, 3.63) is 21.9 Å². The number of aromatic nitrogens is 2. The molecule has 9 nitrogen and oxygen atoms in total. The highest BCUT2D eigenvalue weighted by Gasteiger charge is 2.16. The Hall–Kier alpha value is -2.00. The van der Waals surface area contributed by atoms with Crippen molar-refractivity contribution in [2.75, 3.05) is 39.4 Å². The molecule has 2 rings (SSSR count). The van der Waals surface area contributed by atoms with Crippen molar-refractivity contribution in [2.24, 2.45) is 0 Å². The van der Waals surface area contributed by atoms with E-state index in [0.29, 0.717) is 18.8 Å². The summed E-state index contributed by atoms with van der Waals surface area (Å²) in [6.45, 7) is 7.12. The topological polar surface area (TPSA) is 103 Å². The SMILES string of the molecule is Cc1cc([N+](=O)[O-])nn1CCC(=O)NCCCN1CCOCC1. The number of hydrogen-bond donors (Lipinski definition) is 1. The number of aryl methyl sites for hydroxylation is 2. The lowest BCUT2D eigenvalue weighted by Gasteiger charge is -2.26. The summed E-state index contributed by atoms with van der Waals surface area (Å²) in [5.41, 5.74) is 0.678. The molecule has 1 aliphatic rings. The molecule has 0 bridgehead atoms. The Morgan fingerprint density at radius 1 is 1.43 bits per heavy atom. The lowest BCUT2D eigenvalue weighted by atomic mass is 10.3. The number of amides is 1. The van der Waals surface area contributed by atoms with Gasteiger partial charge < -0.3 is 20.2 Å². The molecule has 0 aliphatic carbocycles. The van der Waals surface area contributed by atoms with Gasteiger partial charge in [-0.1, -0.05) is 0 Å². The molecule has 2 heterocycles. The second kappa shape index (κ2) is 8.59. The molecule has 1 aromatic rings. The molecule has 1 fully saturated rings. The Labute approximate surface area is 134 Å². The summed E-state index contributed by atoms with van der Waals surface area (Å²) in [5, 5.41) is 17.4. The van der Waals surface area contributed by atoms with E-state index in [1.807, 2.05) is 0 Å². The summed E-state index contributed by atoms with van der Waals surface area (Å²) in [4.78, 5) is 24.2. The molecule has 0 saturated carbocycles. The van der Waals surface area contributed by atoms with E-state index in [1.165, 1.54) is 10.7 Å². The summed E-state index contributed by atoms with van der Waals surface area (Å²) in [6.07, 6.45) is 1.16. The number of nitro groups is 1. The summed E-state index contributed by atoms with van der Waals surface area (Å²) >= 11 is 0. The Balaban J connectivity index is 1.62. The van der Waals surface area contributed by atoms with E-state index in [0.717, 1.165) is 39.3 Å². The van der Waals surface area contributed by atoms with E-state index in [1.54, 1.807) is 6.92 Å². The minimum atomic E-state index is -0.533. The first kappa shape index (κ1) is 17.4. The van der Waals surface area contributed by atoms with E-state index < -0.39 is 4.92 Å². The van der Waals surface area contributed by atoms with Crippen molar-refractivity contribution in [1.29, 1.82) is 0 Å². The standard InChI is InChI=1S/C14H23N5O4/c1-12-11-13(19(21)22)16-18(12)6-3-14(20)15-4-2-5-17-7-9-23-10-8-17/h11H,2-10H2,1H3,(H,15,20). The van der Waals surface area contributed by atoms with Gasteiger partial charge in [-0.25, -0.2) is 0 Å². The number of rotatable bonds is 8. The molecule has 0 radical (unpaired) electrons. The lowest BCUT2D eigenvalue weighted by Crippen LogP contribution is -2.38. The molecule has 0 aromatic carbocycles. The van der Waals surface area contributed by atoms with Gasteiger partial charge in [0.15, 0.2) is 0 Å². The molecular weight excluding hydrogens is 302 g/mol. The normalized spacial score (nSPS) is 15.5. The third kappa shape index (κ3) is 5.61. The van der Waals surface area contributed by atoms with Crippen LogP contribution in [0.2, 0.25) is 0 Å². The zero-order valence-corrected chi connectivity index (χ0v) is 13.4. The number of nitrogens with zero attached hydrogens (tertiary/aromatic N) is 4. The largest absolute Gasteiger partial charge is 0.390 e. The first-order valence-corrected chi connectivity index (χ1v) is 7.82. The van der Waals surface area contributed by atoms with Crippen molar-refractivity contribution in [2.45, 2.75) is 26.3 Å². The van der Waals surface area contributed by atoms with Crippen LogP contribution < -0.4 is 5.32 Å². The molecule has 1 saturated heterocycles. The number of morpholine rings is 1. The van der Waals surface area contributed by atoms with E-state index in [2.05, 4.69) is 15.3 Å². The van der Waals surface area contributed by atoms with E-state index in [4.69, 9.17) is 4.74 Å². The first-order valence-electron chi connectivity index (χ1n) is 7.82. The molecule has 9 heteroatoms. The maximum absolute atomic E-state index is 11.8. The maximum atomic E-state index is 11.8. The molecule has 0 atom stereocenters. The summed E-state index contributed by atoms with van der Waals surface area (Å²) < 4.78 is 6.77. The summed E-state index contributed by atoms with van der Waals surface area (Å²) in [6, 6.07) is 1.40. The van der Waals surface area contributed by atoms with Crippen LogP contribution in [0.1, 0.15) is 18.5 Å². The van der Waals surface area contributed by atoms with Crippen molar-refractivity contribution in [3.8, 4) is 0 Å². The fraction of sp³-hybridized carbons (Fsp3) is 0.714. The van der Waals surface area contributed by atoms with Gasteiger partial charge in [-0.2, -0.15) is 4.68 Å². The number of ether oxygens (including phenoxy) is 1. The van der Waals surface area contributed by atoms with Gasteiger partial charge in [-0.15, -0.1) is 0 Å². The second-order valence-electron chi connectivity index (χ2n) is 5.53. The van der Waals surface area contributed by atoms with Gasteiger partial charge in [0.2, 0.25) is 5.91 Å². The van der Waals surface area contributed by atoms with Crippen LogP contribution in [0.4, 0.5) is 5.82 Å². The minimum absolute atomic E-state index is 0.0652. The van der Waals surface area contributed by atoms with Gasteiger partial charge in [0.1, 0.15) is 0 Å². The van der Waals surface area contributed by atoms with Gasteiger partial charge in [-0.05, 0) is 24.8 Å². The molecule has 1 aromatic heterocycles. The molecule has 23 heavy (non-hydrogen) atoms.